The third kappa shape index (κ3) is 8.60. The first-order chi connectivity index (χ1) is 37.2. The number of thiophene rings is 2. The fraction of sp³-hybridized carbons (Fsp3) is 0.216. The van der Waals surface area contributed by atoms with E-state index in [-0.39, 0.29) is 21.7 Å². The Kier molecular flexibility index (Phi) is 11.6. The zero-order valence-corrected chi connectivity index (χ0v) is 48.8. The van der Waals surface area contributed by atoms with Crippen molar-refractivity contribution < 1.29 is 0 Å². The Morgan fingerprint density at radius 2 is 0.577 bits per heavy atom. The topological polar surface area (TPSA) is 9.86 Å². The molecule has 2 nitrogen and oxygen atoms in total. The summed E-state index contributed by atoms with van der Waals surface area (Å²) in [7, 11) is 0. The predicted molar refractivity (Wildman–Crippen MR) is 342 cm³/mol. The van der Waals surface area contributed by atoms with Gasteiger partial charge in [-0.05, 0) is 186 Å². The van der Waals surface area contributed by atoms with Gasteiger partial charge in [0, 0.05) is 63.2 Å². The second-order valence-electron chi connectivity index (χ2n) is 25.9. The number of aromatic nitrogens is 2. The van der Waals surface area contributed by atoms with Crippen molar-refractivity contribution in [2.45, 2.75) is 105 Å². The molecule has 13 aromatic rings. The molecule has 0 spiro atoms. The Labute approximate surface area is 468 Å². The molecule has 4 aromatic heterocycles. The van der Waals surface area contributed by atoms with Crippen LogP contribution in [-0.2, 0) is 21.7 Å². The van der Waals surface area contributed by atoms with Crippen molar-refractivity contribution in [2.75, 3.05) is 0 Å². The number of rotatable bonds is 6. The van der Waals surface area contributed by atoms with Crippen LogP contribution in [0.25, 0.3) is 118 Å². The Hall–Kier alpha value is -7.50. The van der Waals surface area contributed by atoms with E-state index in [2.05, 4.69) is 286 Å². The number of fused-ring (bicyclic) bond motifs is 8. The second kappa shape index (κ2) is 18.0. The molecule has 0 saturated carbocycles. The maximum Gasteiger partial charge on any atom is 0.0541 e. The number of hydrogen-bond donors (Lipinski definition) is 0. The molecule has 0 fully saturated rings. The van der Waals surface area contributed by atoms with Gasteiger partial charge in [-0.1, -0.05) is 168 Å². The van der Waals surface area contributed by atoms with E-state index < -0.39 is 0 Å². The highest BCUT2D eigenvalue weighted by molar-refractivity contribution is 7.22. The smallest absolute Gasteiger partial charge is 0.0541 e. The van der Waals surface area contributed by atoms with Gasteiger partial charge in [0.1, 0.15) is 0 Å². The highest BCUT2D eigenvalue weighted by atomic mass is 32.1. The van der Waals surface area contributed by atoms with Crippen LogP contribution in [-0.4, -0.2) is 9.13 Å². The van der Waals surface area contributed by atoms with Gasteiger partial charge in [0.25, 0.3) is 0 Å². The van der Waals surface area contributed by atoms with Crippen LogP contribution in [0, 0.1) is 0 Å². The first-order valence-corrected chi connectivity index (χ1v) is 29.4. The monoisotopic (exact) mass is 1050 g/mol. The molecule has 0 N–H and O–H groups in total. The number of benzene rings is 9. The maximum absolute atomic E-state index is 2.50. The van der Waals surface area contributed by atoms with Gasteiger partial charge in [-0.3, -0.25) is 0 Å². The molecule has 386 valence electrons. The van der Waals surface area contributed by atoms with Gasteiger partial charge in [0.05, 0.1) is 22.1 Å². The van der Waals surface area contributed by atoms with Crippen molar-refractivity contribution in [3.05, 3.63) is 216 Å². The lowest BCUT2D eigenvalue weighted by Gasteiger charge is -2.19. The van der Waals surface area contributed by atoms with Crippen molar-refractivity contribution in [1.82, 2.24) is 9.13 Å². The molecule has 0 amide bonds. The summed E-state index contributed by atoms with van der Waals surface area (Å²) in [5, 5.41) is 7.74. The van der Waals surface area contributed by atoms with E-state index in [4.69, 9.17) is 0 Å². The summed E-state index contributed by atoms with van der Waals surface area (Å²) in [6.45, 7) is 27.7. The van der Waals surface area contributed by atoms with Crippen molar-refractivity contribution in [2.24, 2.45) is 0 Å². The summed E-state index contributed by atoms with van der Waals surface area (Å²) in [6.07, 6.45) is 0. The van der Waals surface area contributed by atoms with Crippen LogP contribution in [0.1, 0.15) is 105 Å². The third-order valence-electron chi connectivity index (χ3n) is 16.4. The number of nitrogens with zero attached hydrogens (tertiary/aromatic N) is 2. The Morgan fingerprint density at radius 1 is 0.282 bits per heavy atom. The van der Waals surface area contributed by atoms with Crippen molar-refractivity contribution >= 4 is 86.5 Å². The van der Waals surface area contributed by atoms with Crippen LogP contribution in [0.4, 0.5) is 0 Å². The van der Waals surface area contributed by atoms with E-state index in [1.807, 2.05) is 22.7 Å². The fourth-order valence-corrected chi connectivity index (χ4v) is 13.9. The van der Waals surface area contributed by atoms with E-state index >= 15 is 0 Å². The quantitative estimate of drug-likeness (QED) is 0.157. The summed E-state index contributed by atoms with van der Waals surface area (Å²) < 4.78 is 7.53. The molecule has 4 heterocycles. The Morgan fingerprint density at radius 3 is 0.859 bits per heavy atom. The van der Waals surface area contributed by atoms with E-state index in [9.17, 15) is 0 Å². The molecule has 0 saturated heterocycles. The summed E-state index contributed by atoms with van der Waals surface area (Å²) in [6, 6.07) is 74.6. The Bertz CT molecular complexity index is 4000. The first-order valence-electron chi connectivity index (χ1n) is 27.7. The molecule has 0 bridgehead atoms. The molecule has 0 unspecified atom stereocenters. The minimum atomic E-state index is 0.0349. The van der Waals surface area contributed by atoms with Crippen LogP contribution in [0.15, 0.2) is 194 Å². The maximum atomic E-state index is 2.50. The molecule has 0 aliphatic rings. The lowest BCUT2D eigenvalue weighted by Crippen LogP contribution is -2.10. The van der Waals surface area contributed by atoms with Gasteiger partial charge in [-0.25, -0.2) is 0 Å². The van der Waals surface area contributed by atoms with Crippen LogP contribution in [0.5, 0.6) is 0 Å². The van der Waals surface area contributed by atoms with Crippen LogP contribution in [0.2, 0.25) is 0 Å². The number of hydrogen-bond acceptors (Lipinski definition) is 2. The van der Waals surface area contributed by atoms with Crippen LogP contribution >= 0.6 is 22.7 Å². The minimum absolute atomic E-state index is 0.0349. The second-order valence-corrected chi connectivity index (χ2v) is 28.1. The lowest BCUT2D eigenvalue weighted by atomic mass is 9.85. The molecule has 13 rings (SSSR count). The van der Waals surface area contributed by atoms with Gasteiger partial charge in [-0.15, -0.1) is 22.7 Å². The zero-order valence-electron chi connectivity index (χ0n) is 47.2. The average Bonchev–Trinajstić information content (AvgIpc) is 4.20. The normalized spacial score (nSPS) is 12.9. The summed E-state index contributed by atoms with van der Waals surface area (Å²) in [5.41, 5.74) is 20.1. The summed E-state index contributed by atoms with van der Waals surface area (Å²) in [4.78, 5) is 2.52. The fourth-order valence-electron chi connectivity index (χ4n) is 11.8. The van der Waals surface area contributed by atoms with Crippen molar-refractivity contribution in [1.29, 1.82) is 0 Å². The van der Waals surface area contributed by atoms with Crippen LogP contribution < -0.4 is 0 Å². The molecule has 0 atom stereocenters. The molecule has 9 aromatic carbocycles. The summed E-state index contributed by atoms with van der Waals surface area (Å²) in [5.74, 6) is 0. The predicted octanol–water partition coefficient (Wildman–Crippen LogP) is 22.2. The molecule has 0 aliphatic carbocycles. The molecular weight excluding hydrogens is 981 g/mol. The first kappa shape index (κ1) is 50.0. The van der Waals surface area contributed by atoms with E-state index in [1.54, 1.807) is 0 Å². The standard InChI is InChI=1S/C74H68N2S2/c1-71(2,3)49-25-33-63-57(39-49)58-40-50(72(4,5)6)26-34-64(58)75(63)53-29-21-45(22-30-53)55-43-62(70-38-48-18-14-16-20-68(48)78-70)56(44-61(55)69-37-47-17-13-15-19-67(47)77-69)46-23-31-54(32-24-46)76-65-35-27-51(73(7,8)9)41-59(65)60-42-52(74(10,11)12)28-36-66(60)76/h13-44H,1-12H3. The van der Waals surface area contributed by atoms with Crippen molar-refractivity contribution in [3.8, 4) is 54.5 Å². The van der Waals surface area contributed by atoms with Crippen molar-refractivity contribution in [3.63, 3.8) is 0 Å². The molecule has 0 aliphatic heterocycles. The highest BCUT2D eigenvalue weighted by Gasteiger charge is 2.25. The van der Waals surface area contributed by atoms with E-state index in [0.29, 0.717) is 0 Å². The molecule has 0 radical (unpaired) electrons. The van der Waals surface area contributed by atoms with E-state index in [0.717, 1.165) is 11.4 Å². The molecular formula is C74H68N2S2. The van der Waals surface area contributed by atoms with Gasteiger partial charge in [0.2, 0.25) is 0 Å². The lowest BCUT2D eigenvalue weighted by molar-refractivity contribution is 0.590. The van der Waals surface area contributed by atoms with E-state index in [1.165, 1.54) is 129 Å². The highest BCUT2D eigenvalue weighted by Crippen LogP contribution is 2.48. The van der Waals surface area contributed by atoms with Gasteiger partial charge in [-0.2, -0.15) is 0 Å². The molecule has 4 heteroatoms. The minimum Gasteiger partial charge on any atom is -0.309 e. The zero-order chi connectivity index (χ0) is 54.2. The average molecular weight is 1050 g/mol. The SMILES string of the molecule is CC(C)(C)c1ccc2c(c1)c1cc(C(C)(C)C)ccc1n2-c1ccc(-c2cc(-c3cc4ccccc4s3)c(-c3ccc(-n4c5ccc(C(C)(C)C)cc5c5cc(C(C)(C)C)ccc54)cc3)cc2-c2cc3ccccc3s2)cc1. The van der Waals surface area contributed by atoms with Crippen LogP contribution in [0.3, 0.4) is 0 Å². The van der Waals surface area contributed by atoms with Gasteiger partial charge < -0.3 is 9.13 Å². The molecule has 78 heavy (non-hydrogen) atoms. The van der Waals surface area contributed by atoms with Gasteiger partial charge in [0.15, 0.2) is 0 Å². The largest absolute Gasteiger partial charge is 0.309 e. The summed E-state index contributed by atoms with van der Waals surface area (Å²) >= 11 is 3.76. The van der Waals surface area contributed by atoms with Gasteiger partial charge >= 0.3 is 0 Å². The Balaban J connectivity index is 0.997. The third-order valence-corrected chi connectivity index (χ3v) is 18.7.